The van der Waals surface area contributed by atoms with E-state index in [1.807, 2.05) is 0 Å². The number of carbonyl (C=O) groups is 2. The Hall–Kier alpha value is -1.33. The summed E-state index contributed by atoms with van der Waals surface area (Å²) in [4.78, 5) is 22.8. The summed E-state index contributed by atoms with van der Waals surface area (Å²) in [5, 5.41) is 2.38. The lowest BCUT2D eigenvalue weighted by Crippen LogP contribution is -2.28. The number of carbonyl (C=O) groups excluding carboxylic acids is 2. The molecule has 1 aromatic heterocycles. The molecular weight excluding hydrogens is 250 g/mol. The summed E-state index contributed by atoms with van der Waals surface area (Å²) < 4.78 is 5.04. The smallest absolute Gasteiger partial charge is 0.325 e. The van der Waals surface area contributed by atoms with Crippen LogP contribution in [0.25, 0.3) is 6.08 Å². The highest BCUT2D eigenvalue weighted by molar-refractivity contribution is 7.17. The molecule has 4 nitrogen and oxygen atoms in total. The van der Waals surface area contributed by atoms with Gasteiger partial charge in [-0.1, -0.05) is 11.6 Å². The Morgan fingerprint density at radius 1 is 1.56 bits per heavy atom. The molecule has 1 aromatic rings. The van der Waals surface area contributed by atoms with Gasteiger partial charge in [-0.05, 0) is 18.2 Å². The second-order valence-corrected chi connectivity index (χ2v) is 4.52. The maximum Gasteiger partial charge on any atom is 0.325 e. The second-order valence-electron chi connectivity index (χ2n) is 2.77. The Balaban J connectivity index is 2.39. The van der Waals surface area contributed by atoms with Crippen molar-refractivity contribution in [3.05, 3.63) is 27.4 Å². The zero-order valence-corrected chi connectivity index (χ0v) is 10.1. The van der Waals surface area contributed by atoms with Crippen LogP contribution in [0.15, 0.2) is 18.2 Å². The Bertz CT molecular complexity index is 414. The Morgan fingerprint density at radius 2 is 2.31 bits per heavy atom. The second kappa shape index (κ2) is 6.30. The molecule has 1 N–H and O–H groups in total. The van der Waals surface area contributed by atoms with Crippen LogP contribution in [-0.4, -0.2) is 25.5 Å². The number of thiophene rings is 1. The van der Waals surface area contributed by atoms with Crippen molar-refractivity contribution in [3.63, 3.8) is 0 Å². The number of methoxy groups -OCH3 is 1. The van der Waals surface area contributed by atoms with Crippen LogP contribution in [-0.2, 0) is 14.3 Å². The molecule has 0 aromatic carbocycles. The minimum absolute atomic E-state index is 0.134. The first-order valence-electron chi connectivity index (χ1n) is 4.40. The van der Waals surface area contributed by atoms with Crippen LogP contribution in [0, 0.1) is 0 Å². The van der Waals surface area contributed by atoms with Crippen LogP contribution >= 0.6 is 22.9 Å². The quantitative estimate of drug-likeness (QED) is 0.662. The molecule has 1 heterocycles. The first-order valence-corrected chi connectivity index (χ1v) is 5.59. The van der Waals surface area contributed by atoms with Crippen molar-refractivity contribution in [1.82, 2.24) is 5.32 Å². The van der Waals surface area contributed by atoms with Crippen LogP contribution in [0.1, 0.15) is 4.88 Å². The molecule has 0 unspecified atom stereocenters. The summed E-state index contributed by atoms with van der Waals surface area (Å²) in [6.07, 6.45) is 2.97. The molecule has 1 rings (SSSR count). The van der Waals surface area contributed by atoms with E-state index in [0.717, 1.165) is 4.88 Å². The van der Waals surface area contributed by atoms with Crippen LogP contribution in [0.4, 0.5) is 0 Å². The highest BCUT2D eigenvalue weighted by Gasteiger charge is 2.01. The van der Waals surface area contributed by atoms with Crippen molar-refractivity contribution in [3.8, 4) is 0 Å². The summed E-state index contributed by atoms with van der Waals surface area (Å²) in [7, 11) is 1.26. The summed E-state index contributed by atoms with van der Waals surface area (Å²) in [5.74, 6) is -0.837. The molecule has 0 saturated carbocycles. The number of hydrogen-bond acceptors (Lipinski definition) is 4. The van der Waals surface area contributed by atoms with Crippen LogP contribution in [0.5, 0.6) is 0 Å². The normalized spacial score (nSPS) is 10.4. The highest BCUT2D eigenvalue weighted by Crippen LogP contribution is 2.22. The van der Waals surface area contributed by atoms with Gasteiger partial charge >= 0.3 is 5.97 Å². The zero-order valence-electron chi connectivity index (χ0n) is 8.53. The molecule has 0 bridgehead atoms. The van der Waals surface area contributed by atoms with Gasteiger partial charge in [0.1, 0.15) is 6.54 Å². The summed E-state index contributed by atoms with van der Waals surface area (Å²) in [5.41, 5.74) is 0. The number of hydrogen-bond donors (Lipinski definition) is 1. The molecule has 86 valence electrons. The minimum atomic E-state index is -0.485. The van der Waals surface area contributed by atoms with Gasteiger partial charge in [-0.2, -0.15) is 0 Å². The van der Waals surface area contributed by atoms with Crippen molar-refractivity contribution < 1.29 is 14.3 Å². The van der Waals surface area contributed by atoms with E-state index >= 15 is 0 Å². The number of rotatable bonds is 4. The fraction of sp³-hybridized carbons (Fsp3) is 0.200. The first-order chi connectivity index (χ1) is 7.61. The van der Waals surface area contributed by atoms with E-state index < -0.39 is 5.97 Å². The minimum Gasteiger partial charge on any atom is -0.468 e. The van der Waals surface area contributed by atoms with Crippen LogP contribution < -0.4 is 5.32 Å². The van der Waals surface area contributed by atoms with Crippen molar-refractivity contribution >= 4 is 40.9 Å². The molecule has 0 spiro atoms. The summed E-state index contributed by atoms with van der Waals surface area (Å²) in [6, 6.07) is 3.55. The Kier molecular flexibility index (Phi) is 5.01. The van der Waals surface area contributed by atoms with E-state index in [4.69, 9.17) is 11.6 Å². The van der Waals surface area contributed by atoms with E-state index in [2.05, 4.69) is 10.1 Å². The lowest BCUT2D eigenvalue weighted by atomic mass is 10.4. The van der Waals surface area contributed by atoms with Crippen molar-refractivity contribution in [2.24, 2.45) is 0 Å². The van der Waals surface area contributed by atoms with E-state index in [1.54, 1.807) is 18.2 Å². The monoisotopic (exact) mass is 259 g/mol. The van der Waals surface area contributed by atoms with Crippen LogP contribution in [0.3, 0.4) is 0 Å². The standard InChI is InChI=1S/C10H10ClNO3S/c1-15-10(14)6-12-9(13)5-3-7-2-4-8(11)16-7/h2-5H,6H2,1H3,(H,12,13)/b5-3-. The van der Waals surface area contributed by atoms with Gasteiger partial charge in [0.05, 0.1) is 11.4 Å². The van der Waals surface area contributed by atoms with Crippen LogP contribution in [0.2, 0.25) is 4.34 Å². The van der Waals surface area contributed by atoms with Gasteiger partial charge in [-0.15, -0.1) is 11.3 Å². The zero-order chi connectivity index (χ0) is 12.0. The Morgan fingerprint density at radius 3 is 2.88 bits per heavy atom. The summed E-state index contributed by atoms with van der Waals surface area (Å²) in [6.45, 7) is -0.134. The topological polar surface area (TPSA) is 55.4 Å². The number of halogens is 1. The van der Waals surface area contributed by atoms with Crippen molar-refractivity contribution in [2.75, 3.05) is 13.7 Å². The molecule has 0 saturated heterocycles. The number of ether oxygens (including phenoxy) is 1. The van der Waals surface area contributed by atoms with E-state index in [1.165, 1.54) is 24.5 Å². The van der Waals surface area contributed by atoms with E-state index in [0.29, 0.717) is 4.34 Å². The van der Waals surface area contributed by atoms with Crippen molar-refractivity contribution in [1.29, 1.82) is 0 Å². The fourth-order valence-electron chi connectivity index (χ4n) is 0.866. The molecule has 0 atom stereocenters. The average Bonchev–Trinajstić information content (AvgIpc) is 2.69. The molecule has 6 heteroatoms. The largest absolute Gasteiger partial charge is 0.468 e. The molecular formula is C10H10ClNO3S. The number of nitrogens with one attached hydrogen (secondary N) is 1. The molecule has 0 aliphatic heterocycles. The lowest BCUT2D eigenvalue weighted by Gasteiger charge is -1.98. The SMILES string of the molecule is COC(=O)CNC(=O)/C=C\c1ccc(Cl)s1. The molecule has 0 radical (unpaired) electrons. The third-order valence-electron chi connectivity index (χ3n) is 1.63. The molecule has 1 amide bonds. The molecule has 0 fully saturated rings. The molecule has 16 heavy (non-hydrogen) atoms. The van der Waals surface area contributed by atoms with Gasteiger partial charge in [0, 0.05) is 11.0 Å². The maximum absolute atomic E-state index is 11.2. The van der Waals surface area contributed by atoms with E-state index in [9.17, 15) is 9.59 Å². The molecule has 0 aliphatic rings. The van der Waals surface area contributed by atoms with Gasteiger partial charge in [0.25, 0.3) is 0 Å². The third kappa shape index (κ3) is 4.46. The van der Waals surface area contributed by atoms with E-state index in [-0.39, 0.29) is 12.5 Å². The first kappa shape index (κ1) is 12.7. The third-order valence-corrected chi connectivity index (χ3v) is 2.82. The van der Waals surface area contributed by atoms with Gasteiger partial charge in [0.2, 0.25) is 5.91 Å². The predicted octanol–water partition coefficient (Wildman–Crippen LogP) is 1.70. The number of amides is 1. The maximum atomic E-state index is 11.2. The predicted molar refractivity (Wildman–Crippen MR) is 63.4 cm³/mol. The van der Waals surface area contributed by atoms with Gasteiger partial charge in [-0.25, -0.2) is 0 Å². The highest BCUT2D eigenvalue weighted by atomic mass is 35.5. The van der Waals surface area contributed by atoms with Gasteiger partial charge in [0.15, 0.2) is 0 Å². The average molecular weight is 260 g/mol. The summed E-state index contributed by atoms with van der Waals surface area (Å²) >= 11 is 7.09. The van der Waals surface area contributed by atoms with Crippen molar-refractivity contribution in [2.45, 2.75) is 0 Å². The van der Waals surface area contributed by atoms with Gasteiger partial charge in [-0.3, -0.25) is 9.59 Å². The fourth-order valence-corrected chi connectivity index (χ4v) is 1.83. The Labute approximate surface area is 102 Å². The lowest BCUT2D eigenvalue weighted by molar-refractivity contribution is -0.140. The number of esters is 1. The molecule has 0 aliphatic carbocycles. The van der Waals surface area contributed by atoms with Gasteiger partial charge < -0.3 is 10.1 Å².